The van der Waals surface area contributed by atoms with Crippen molar-refractivity contribution in [3.8, 4) is 0 Å². The van der Waals surface area contributed by atoms with Gasteiger partial charge in [-0.3, -0.25) is 0 Å². The number of rotatable bonds is 14. The Morgan fingerprint density at radius 2 is 0.944 bits per heavy atom. The van der Waals surface area contributed by atoms with Crippen LogP contribution in [-0.2, 0) is 10.8 Å². The molecule has 0 spiro atoms. The Hall–Kier alpha value is -0.961. The molecule has 200 valence electrons. The van der Waals surface area contributed by atoms with Crippen molar-refractivity contribution in [2.45, 2.75) is 138 Å². The monoisotopic (exact) mass is 597 g/mol. The van der Waals surface area contributed by atoms with Gasteiger partial charge in [0.1, 0.15) is 0 Å². The molecule has 36 heavy (non-hydrogen) atoms. The maximum atomic E-state index is 3.05. The SMILES string of the molecule is CCC[CH2][Sn]([CH2]CCC)([CH2]CCC)[n]1c2ccc(C(C)(C)CC)cc2c2cc(C(C)(C)CC)ccc21. The van der Waals surface area contributed by atoms with Crippen LogP contribution in [0.15, 0.2) is 36.4 Å². The molecule has 0 amide bonds. The number of nitrogens with zero attached hydrogens (tertiary/aromatic N) is 1. The first-order chi connectivity index (χ1) is 17.1. The molecule has 0 atom stereocenters. The zero-order valence-electron chi connectivity index (χ0n) is 25.2. The third-order valence-electron chi connectivity index (χ3n) is 9.56. The Bertz CT molecular complexity index is 1040. The molecule has 1 heterocycles. The first-order valence-corrected chi connectivity index (χ1v) is 22.5. The molecule has 3 aromatic rings. The second-order valence-electron chi connectivity index (χ2n) is 12.8. The van der Waals surface area contributed by atoms with Crippen molar-refractivity contribution in [3.05, 3.63) is 47.5 Å². The van der Waals surface area contributed by atoms with Crippen LogP contribution in [0.2, 0.25) is 13.3 Å². The van der Waals surface area contributed by atoms with Gasteiger partial charge in [0.25, 0.3) is 0 Å². The van der Waals surface area contributed by atoms with Crippen molar-refractivity contribution in [2.75, 3.05) is 0 Å². The standard InChI is InChI=1S/C22H28N.3C4H9.Sn/c1-7-21(3,4)15-9-11-19-17(13-15)18-14-16(22(5,6)8-2)10-12-20(18)23-19;3*1-3-4-2;/h9-14H,7-8H2,1-6H3;3*1,3-4H2,2H3;/q-1;;;;+1. The number of unbranched alkanes of at least 4 members (excludes halogenated alkanes) is 3. The van der Waals surface area contributed by atoms with E-state index in [1.54, 1.807) is 11.0 Å². The zero-order valence-corrected chi connectivity index (χ0v) is 28.0. The summed E-state index contributed by atoms with van der Waals surface area (Å²) in [5.74, 6) is 0. The van der Waals surface area contributed by atoms with Crippen molar-refractivity contribution < 1.29 is 0 Å². The van der Waals surface area contributed by atoms with Crippen LogP contribution in [0.4, 0.5) is 0 Å². The van der Waals surface area contributed by atoms with E-state index in [0.29, 0.717) is 0 Å². The molecule has 0 saturated heterocycles. The Balaban J connectivity index is 2.43. The van der Waals surface area contributed by atoms with E-state index in [1.807, 2.05) is 0 Å². The molecule has 1 aromatic heterocycles. The topological polar surface area (TPSA) is 4.93 Å². The van der Waals surface area contributed by atoms with Crippen LogP contribution in [-0.4, -0.2) is 21.4 Å². The van der Waals surface area contributed by atoms with Gasteiger partial charge in [0.15, 0.2) is 0 Å². The van der Waals surface area contributed by atoms with E-state index in [4.69, 9.17) is 0 Å². The Morgan fingerprint density at radius 3 is 1.25 bits per heavy atom. The molecule has 0 aliphatic rings. The minimum atomic E-state index is -2.73. The summed E-state index contributed by atoms with van der Waals surface area (Å²) in [5, 5.41) is 3.03. The molecule has 3 rings (SSSR count). The van der Waals surface area contributed by atoms with Crippen LogP contribution in [0, 0.1) is 0 Å². The number of hydrogen-bond acceptors (Lipinski definition) is 0. The molecule has 2 aromatic carbocycles. The van der Waals surface area contributed by atoms with E-state index in [1.165, 1.54) is 73.7 Å². The summed E-state index contributed by atoms with van der Waals surface area (Å²) < 4.78 is 7.53. The van der Waals surface area contributed by atoms with Crippen LogP contribution in [0.3, 0.4) is 0 Å². The van der Waals surface area contributed by atoms with Gasteiger partial charge in [-0.05, 0) is 0 Å². The maximum absolute atomic E-state index is 3.05. The quantitative estimate of drug-likeness (QED) is 0.163. The summed E-state index contributed by atoms with van der Waals surface area (Å²) in [7, 11) is 0. The number of aromatic nitrogens is 1. The average Bonchev–Trinajstić information content (AvgIpc) is 3.22. The Kier molecular flexibility index (Phi) is 10.1. The predicted molar refractivity (Wildman–Crippen MR) is 166 cm³/mol. The van der Waals surface area contributed by atoms with Crippen LogP contribution in [0.25, 0.3) is 21.8 Å². The molecule has 0 unspecified atom stereocenters. The average molecular weight is 597 g/mol. The summed E-state index contributed by atoms with van der Waals surface area (Å²) in [6, 6.07) is 15.2. The van der Waals surface area contributed by atoms with E-state index in [2.05, 4.69) is 102 Å². The summed E-state index contributed by atoms with van der Waals surface area (Å²) in [6.45, 7) is 21.5. The first-order valence-electron chi connectivity index (χ1n) is 15.2. The van der Waals surface area contributed by atoms with Gasteiger partial charge in [-0.2, -0.15) is 0 Å². The van der Waals surface area contributed by atoms with Gasteiger partial charge in [-0.25, -0.2) is 0 Å². The Morgan fingerprint density at radius 1 is 0.583 bits per heavy atom. The van der Waals surface area contributed by atoms with Gasteiger partial charge in [-0.1, -0.05) is 0 Å². The molecule has 2 heteroatoms. The minimum absolute atomic E-state index is 0.204. The molecule has 0 aliphatic carbocycles. The number of benzene rings is 2. The van der Waals surface area contributed by atoms with Crippen molar-refractivity contribution in [3.63, 3.8) is 0 Å². The van der Waals surface area contributed by atoms with Crippen LogP contribution in [0.5, 0.6) is 0 Å². The van der Waals surface area contributed by atoms with E-state index in [9.17, 15) is 0 Å². The molecule has 0 bridgehead atoms. The zero-order chi connectivity index (χ0) is 26.6. The fourth-order valence-electron chi connectivity index (χ4n) is 6.01. The molecule has 0 aliphatic heterocycles. The van der Waals surface area contributed by atoms with E-state index in [0.717, 1.165) is 12.8 Å². The number of hydrogen-bond donors (Lipinski definition) is 0. The van der Waals surface area contributed by atoms with Gasteiger partial charge >= 0.3 is 229 Å². The summed E-state index contributed by atoms with van der Waals surface area (Å²) in [6.07, 6.45) is 10.5. The van der Waals surface area contributed by atoms with Gasteiger partial charge in [0, 0.05) is 0 Å². The molecular formula is C34H55NSn. The fourth-order valence-corrected chi connectivity index (χ4v) is 22.8. The molecule has 0 radical (unpaired) electrons. The number of fused-ring (bicyclic) bond motifs is 3. The summed E-state index contributed by atoms with van der Waals surface area (Å²) >= 11 is -2.73. The molecule has 0 fully saturated rings. The third-order valence-corrected chi connectivity index (χ3v) is 24.6. The summed E-state index contributed by atoms with van der Waals surface area (Å²) in [4.78, 5) is 0. The molecule has 0 N–H and O–H groups in total. The van der Waals surface area contributed by atoms with E-state index >= 15 is 0 Å². The molecule has 1 nitrogen and oxygen atoms in total. The predicted octanol–water partition coefficient (Wildman–Crippen LogP) is 11.4. The third kappa shape index (κ3) is 5.87. The molecular weight excluding hydrogens is 541 g/mol. The second kappa shape index (κ2) is 12.3. The summed E-state index contributed by atoms with van der Waals surface area (Å²) in [5.41, 5.74) is 6.49. The van der Waals surface area contributed by atoms with Crippen LogP contribution in [0.1, 0.15) is 125 Å². The van der Waals surface area contributed by atoms with Gasteiger partial charge in [-0.15, -0.1) is 0 Å². The van der Waals surface area contributed by atoms with Crippen molar-refractivity contribution in [1.29, 1.82) is 0 Å². The van der Waals surface area contributed by atoms with Crippen molar-refractivity contribution in [2.24, 2.45) is 0 Å². The van der Waals surface area contributed by atoms with E-state index in [-0.39, 0.29) is 10.8 Å². The fraction of sp³-hybridized carbons (Fsp3) is 0.647. The van der Waals surface area contributed by atoms with Crippen molar-refractivity contribution in [1.82, 2.24) is 2.79 Å². The molecule has 0 saturated carbocycles. The van der Waals surface area contributed by atoms with Crippen molar-refractivity contribution >= 4 is 40.5 Å². The van der Waals surface area contributed by atoms with Crippen LogP contribution >= 0.6 is 0 Å². The van der Waals surface area contributed by atoms with E-state index < -0.39 is 18.7 Å². The first kappa shape index (κ1) is 29.6. The van der Waals surface area contributed by atoms with Gasteiger partial charge in [0.05, 0.1) is 0 Å². The Labute approximate surface area is 227 Å². The second-order valence-corrected chi connectivity index (χ2v) is 25.4. The van der Waals surface area contributed by atoms with Gasteiger partial charge < -0.3 is 0 Å². The van der Waals surface area contributed by atoms with Crippen LogP contribution < -0.4 is 0 Å². The van der Waals surface area contributed by atoms with Gasteiger partial charge in [0.2, 0.25) is 0 Å². The normalized spacial score (nSPS) is 13.2.